The molecule has 1 fully saturated rings. The van der Waals surface area contributed by atoms with Gasteiger partial charge >= 0.3 is 0 Å². The van der Waals surface area contributed by atoms with Crippen molar-refractivity contribution in [2.45, 2.75) is 26.0 Å². The first-order valence-corrected chi connectivity index (χ1v) is 5.48. The third kappa shape index (κ3) is 3.53. The Morgan fingerprint density at radius 1 is 1.50 bits per heavy atom. The van der Waals surface area contributed by atoms with Gasteiger partial charge in [0.2, 0.25) is 0 Å². The number of nitrogens with two attached hydrogens (primary N) is 1. The smallest absolute Gasteiger partial charge is 0.0639 e. The van der Waals surface area contributed by atoms with Crippen LogP contribution in [-0.4, -0.2) is 66.3 Å². The van der Waals surface area contributed by atoms with Gasteiger partial charge < -0.3 is 10.8 Å². The Morgan fingerprint density at radius 3 is 2.71 bits per heavy atom. The Kier molecular flexibility index (Phi) is 4.81. The van der Waals surface area contributed by atoms with Gasteiger partial charge in [-0.25, -0.2) is 0 Å². The maximum atomic E-state index is 9.28. The van der Waals surface area contributed by atoms with E-state index in [0.717, 1.165) is 39.3 Å². The molecule has 0 aromatic rings. The van der Waals surface area contributed by atoms with Crippen LogP contribution in [-0.2, 0) is 0 Å². The monoisotopic (exact) mass is 201 g/mol. The minimum absolute atomic E-state index is 0.219. The minimum atomic E-state index is -0.219. The molecule has 0 bridgehead atoms. The molecule has 2 atom stereocenters. The van der Waals surface area contributed by atoms with Crippen molar-refractivity contribution < 1.29 is 5.11 Å². The highest BCUT2D eigenvalue weighted by molar-refractivity contribution is 4.79. The van der Waals surface area contributed by atoms with Crippen molar-refractivity contribution >= 4 is 0 Å². The lowest BCUT2D eigenvalue weighted by molar-refractivity contribution is 0.0527. The summed E-state index contributed by atoms with van der Waals surface area (Å²) in [5.41, 5.74) is 5.54. The lowest BCUT2D eigenvalue weighted by Crippen LogP contribution is -2.54. The van der Waals surface area contributed by atoms with E-state index in [1.54, 1.807) is 0 Å². The Morgan fingerprint density at radius 2 is 2.21 bits per heavy atom. The normalized spacial score (nSPS) is 27.9. The van der Waals surface area contributed by atoms with Gasteiger partial charge in [-0.05, 0) is 13.8 Å². The van der Waals surface area contributed by atoms with Crippen molar-refractivity contribution in [1.29, 1.82) is 0 Å². The van der Waals surface area contributed by atoms with E-state index in [0.29, 0.717) is 6.04 Å². The fraction of sp³-hybridized carbons (Fsp3) is 1.00. The molecule has 4 heteroatoms. The van der Waals surface area contributed by atoms with E-state index < -0.39 is 0 Å². The van der Waals surface area contributed by atoms with Gasteiger partial charge in [0, 0.05) is 45.3 Å². The second-order valence-corrected chi connectivity index (χ2v) is 4.28. The Balaban J connectivity index is 2.31. The van der Waals surface area contributed by atoms with E-state index in [2.05, 4.69) is 16.7 Å². The molecule has 84 valence electrons. The summed E-state index contributed by atoms with van der Waals surface area (Å²) in [6.45, 7) is 9.76. The van der Waals surface area contributed by atoms with Crippen LogP contribution in [0.4, 0.5) is 0 Å². The molecule has 3 N–H and O–H groups in total. The highest BCUT2D eigenvalue weighted by Crippen LogP contribution is 2.08. The lowest BCUT2D eigenvalue weighted by atomic mass is 10.2. The van der Waals surface area contributed by atoms with E-state index in [9.17, 15) is 5.11 Å². The van der Waals surface area contributed by atoms with Gasteiger partial charge in [0.1, 0.15) is 0 Å². The molecule has 0 aromatic heterocycles. The number of aliphatic hydroxyl groups excluding tert-OH is 1. The maximum absolute atomic E-state index is 9.28. The SMILES string of the molecule is CC(O)CN1CCN(CCN)C(C)C1. The molecule has 1 rings (SSSR count). The Labute approximate surface area is 86.7 Å². The van der Waals surface area contributed by atoms with Gasteiger partial charge in [-0.2, -0.15) is 0 Å². The van der Waals surface area contributed by atoms with Crippen LogP contribution in [0.3, 0.4) is 0 Å². The summed E-state index contributed by atoms with van der Waals surface area (Å²) in [7, 11) is 0. The summed E-state index contributed by atoms with van der Waals surface area (Å²) in [6.07, 6.45) is -0.219. The molecular weight excluding hydrogens is 178 g/mol. The number of hydrogen-bond donors (Lipinski definition) is 2. The quantitative estimate of drug-likeness (QED) is 0.633. The molecule has 0 aliphatic carbocycles. The van der Waals surface area contributed by atoms with Crippen molar-refractivity contribution in [3.8, 4) is 0 Å². The van der Waals surface area contributed by atoms with E-state index in [-0.39, 0.29) is 6.10 Å². The highest BCUT2D eigenvalue weighted by atomic mass is 16.3. The van der Waals surface area contributed by atoms with Crippen molar-refractivity contribution in [3.63, 3.8) is 0 Å². The summed E-state index contributed by atoms with van der Waals surface area (Å²) in [4.78, 5) is 4.74. The first kappa shape index (κ1) is 11.9. The summed E-state index contributed by atoms with van der Waals surface area (Å²) < 4.78 is 0. The molecule has 0 saturated carbocycles. The zero-order chi connectivity index (χ0) is 10.6. The third-order valence-electron chi connectivity index (χ3n) is 2.79. The van der Waals surface area contributed by atoms with E-state index in [1.165, 1.54) is 0 Å². The molecule has 0 radical (unpaired) electrons. The zero-order valence-electron chi connectivity index (χ0n) is 9.32. The molecule has 1 aliphatic heterocycles. The van der Waals surface area contributed by atoms with Gasteiger partial charge in [0.25, 0.3) is 0 Å². The molecule has 1 aliphatic rings. The van der Waals surface area contributed by atoms with Crippen LogP contribution in [0.2, 0.25) is 0 Å². The average Bonchev–Trinajstić information content (AvgIpc) is 2.09. The van der Waals surface area contributed by atoms with Crippen LogP contribution >= 0.6 is 0 Å². The molecule has 4 nitrogen and oxygen atoms in total. The predicted octanol–water partition coefficient (Wildman–Crippen LogP) is -0.668. The molecule has 0 amide bonds. The third-order valence-corrected chi connectivity index (χ3v) is 2.79. The Hall–Kier alpha value is -0.160. The van der Waals surface area contributed by atoms with Crippen LogP contribution < -0.4 is 5.73 Å². The van der Waals surface area contributed by atoms with Crippen molar-refractivity contribution in [1.82, 2.24) is 9.80 Å². The summed E-state index contributed by atoms with van der Waals surface area (Å²) in [5.74, 6) is 0. The van der Waals surface area contributed by atoms with Gasteiger partial charge in [-0.3, -0.25) is 9.80 Å². The summed E-state index contributed by atoms with van der Waals surface area (Å²) in [5, 5.41) is 9.28. The first-order chi connectivity index (χ1) is 6.63. The van der Waals surface area contributed by atoms with Crippen LogP contribution in [0.5, 0.6) is 0 Å². The minimum Gasteiger partial charge on any atom is -0.392 e. The fourth-order valence-electron chi connectivity index (χ4n) is 2.11. The lowest BCUT2D eigenvalue weighted by Gasteiger charge is -2.40. The number of nitrogens with zero attached hydrogens (tertiary/aromatic N) is 2. The molecule has 0 spiro atoms. The molecule has 1 heterocycles. The zero-order valence-corrected chi connectivity index (χ0v) is 9.32. The number of rotatable bonds is 4. The van der Waals surface area contributed by atoms with E-state index in [1.807, 2.05) is 6.92 Å². The first-order valence-electron chi connectivity index (χ1n) is 5.48. The molecule has 2 unspecified atom stereocenters. The van der Waals surface area contributed by atoms with Gasteiger partial charge in [0.15, 0.2) is 0 Å². The van der Waals surface area contributed by atoms with Gasteiger partial charge in [-0.15, -0.1) is 0 Å². The standard InChI is InChI=1S/C10H23N3O/c1-9-7-12(8-10(2)14)5-6-13(9)4-3-11/h9-10,14H,3-8,11H2,1-2H3. The van der Waals surface area contributed by atoms with Crippen LogP contribution in [0.15, 0.2) is 0 Å². The second-order valence-electron chi connectivity index (χ2n) is 4.28. The molecule has 1 saturated heterocycles. The van der Waals surface area contributed by atoms with Crippen LogP contribution in [0.25, 0.3) is 0 Å². The van der Waals surface area contributed by atoms with Crippen molar-refractivity contribution in [3.05, 3.63) is 0 Å². The topological polar surface area (TPSA) is 52.7 Å². The predicted molar refractivity (Wildman–Crippen MR) is 58.2 cm³/mol. The largest absolute Gasteiger partial charge is 0.392 e. The molecule has 0 aromatic carbocycles. The number of hydrogen-bond acceptors (Lipinski definition) is 4. The number of β-amino-alcohol motifs (C(OH)–C–C–N with tert-alkyl or cyclic N) is 1. The van der Waals surface area contributed by atoms with E-state index >= 15 is 0 Å². The average molecular weight is 201 g/mol. The van der Waals surface area contributed by atoms with Crippen molar-refractivity contribution in [2.75, 3.05) is 39.3 Å². The second kappa shape index (κ2) is 5.66. The number of aliphatic hydroxyl groups is 1. The van der Waals surface area contributed by atoms with Crippen LogP contribution in [0, 0.1) is 0 Å². The van der Waals surface area contributed by atoms with Gasteiger partial charge in [0.05, 0.1) is 6.10 Å². The molecular formula is C10H23N3O. The fourth-order valence-corrected chi connectivity index (χ4v) is 2.11. The van der Waals surface area contributed by atoms with Crippen LogP contribution in [0.1, 0.15) is 13.8 Å². The number of piperazine rings is 1. The molecule has 14 heavy (non-hydrogen) atoms. The highest BCUT2D eigenvalue weighted by Gasteiger charge is 2.23. The Bertz CT molecular complexity index is 163. The maximum Gasteiger partial charge on any atom is 0.0639 e. The van der Waals surface area contributed by atoms with Gasteiger partial charge in [-0.1, -0.05) is 0 Å². The van der Waals surface area contributed by atoms with E-state index in [4.69, 9.17) is 5.73 Å². The summed E-state index contributed by atoms with van der Waals surface area (Å²) in [6, 6.07) is 0.561. The van der Waals surface area contributed by atoms with Crippen molar-refractivity contribution in [2.24, 2.45) is 5.73 Å². The summed E-state index contributed by atoms with van der Waals surface area (Å²) >= 11 is 0.